The molecule has 0 atom stereocenters. The van der Waals surface area contributed by atoms with Crippen molar-refractivity contribution >= 4 is 11.6 Å². The third-order valence-electron chi connectivity index (χ3n) is 2.33. The third-order valence-corrected chi connectivity index (χ3v) is 2.56. The third kappa shape index (κ3) is 2.38. The zero-order valence-electron chi connectivity index (χ0n) is 9.14. The number of benzene rings is 1. The summed E-state index contributed by atoms with van der Waals surface area (Å²) in [4.78, 5) is 4.22. The summed E-state index contributed by atoms with van der Waals surface area (Å²) in [7, 11) is 1.58. The van der Waals surface area contributed by atoms with Crippen LogP contribution in [0.25, 0.3) is 11.3 Å². The average Bonchev–Trinajstić information content (AvgIpc) is 2.39. The van der Waals surface area contributed by atoms with E-state index in [0.29, 0.717) is 22.0 Å². The Kier molecular flexibility index (Phi) is 3.27. The number of methoxy groups -OCH3 is 1. The van der Waals surface area contributed by atoms with Gasteiger partial charge in [-0.1, -0.05) is 11.6 Å². The zero-order chi connectivity index (χ0) is 12.3. The molecule has 1 aromatic heterocycles. The molecule has 0 N–H and O–H groups in total. The van der Waals surface area contributed by atoms with Crippen LogP contribution >= 0.6 is 11.6 Å². The van der Waals surface area contributed by atoms with Crippen LogP contribution in [0.15, 0.2) is 36.5 Å². The molecule has 17 heavy (non-hydrogen) atoms. The summed E-state index contributed by atoms with van der Waals surface area (Å²) in [5.41, 5.74) is 2.00. The molecule has 0 spiro atoms. The van der Waals surface area contributed by atoms with Gasteiger partial charge >= 0.3 is 0 Å². The standard InChI is InChI=1S/C13H9ClN2O/c1-17-13-3-2-10(14)7-11(13)12-6-9(8-15)4-5-16-12/h2-7H,1H3. The first-order valence-electron chi connectivity index (χ1n) is 4.94. The van der Waals surface area contributed by atoms with Crippen LogP contribution in [-0.2, 0) is 0 Å². The van der Waals surface area contributed by atoms with Gasteiger partial charge in [-0.05, 0) is 30.3 Å². The molecule has 0 aliphatic heterocycles. The van der Waals surface area contributed by atoms with Crippen LogP contribution in [0.1, 0.15) is 5.56 Å². The Hall–Kier alpha value is -2.05. The first-order valence-corrected chi connectivity index (χ1v) is 5.32. The highest BCUT2D eigenvalue weighted by Crippen LogP contribution is 2.31. The molecule has 84 valence electrons. The lowest BCUT2D eigenvalue weighted by Crippen LogP contribution is -1.90. The normalized spacial score (nSPS) is 9.71. The summed E-state index contributed by atoms with van der Waals surface area (Å²) in [5, 5.41) is 9.46. The molecule has 0 unspecified atom stereocenters. The van der Waals surface area contributed by atoms with E-state index in [9.17, 15) is 0 Å². The van der Waals surface area contributed by atoms with Crippen molar-refractivity contribution in [1.82, 2.24) is 4.98 Å². The highest BCUT2D eigenvalue weighted by Gasteiger charge is 2.08. The summed E-state index contributed by atoms with van der Waals surface area (Å²) in [6, 6.07) is 10.7. The molecule has 0 saturated carbocycles. The van der Waals surface area contributed by atoms with E-state index in [2.05, 4.69) is 11.1 Å². The van der Waals surface area contributed by atoms with E-state index in [0.717, 1.165) is 5.56 Å². The van der Waals surface area contributed by atoms with Gasteiger partial charge in [-0.3, -0.25) is 4.98 Å². The summed E-state index contributed by atoms with van der Waals surface area (Å²) >= 11 is 5.95. The van der Waals surface area contributed by atoms with Crippen molar-refractivity contribution < 1.29 is 4.74 Å². The maximum atomic E-state index is 8.85. The Bertz CT molecular complexity index is 590. The summed E-state index contributed by atoms with van der Waals surface area (Å²) in [6.45, 7) is 0. The topological polar surface area (TPSA) is 45.9 Å². The number of hydrogen-bond donors (Lipinski definition) is 0. The Morgan fingerprint density at radius 2 is 2.12 bits per heavy atom. The summed E-state index contributed by atoms with van der Waals surface area (Å²) in [6.07, 6.45) is 1.59. The van der Waals surface area contributed by atoms with Gasteiger partial charge in [0, 0.05) is 16.8 Å². The van der Waals surface area contributed by atoms with Crippen LogP contribution in [0.2, 0.25) is 5.02 Å². The van der Waals surface area contributed by atoms with Crippen LogP contribution in [0.4, 0.5) is 0 Å². The molecule has 0 saturated heterocycles. The number of nitriles is 1. The van der Waals surface area contributed by atoms with E-state index >= 15 is 0 Å². The molecule has 0 aliphatic carbocycles. The Labute approximate surface area is 104 Å². The lowest BCUT2D eigenvalue weighted by atomic mass is 10.1. The Morgan fingerprint density at radius 3 is 2.82 bits per heavy atom. The molecular formula is C13H9ClN2O. The molecule has 1 heterocycles. The molecule has 0 aliphatic rings. The number of pyridine rings is 1. The molecule has 3 nitrogen and oxygen atoms in total. The predicted molar refractivity (Wildman–Crippen MR) is 66.0 cm³/mol. The summed E-state index contributed by atoms with van der Waals surface area (Å²) < 4.78 is 5.25. The minimum atomic E-state index is 0.553. The van der Waals surface area contributed by atoms with E-state index in [4.69, 9.17) is 21.6 Å². The van der Waals surface area contributed by atoms with E-state index in [1.54, 1.807) is 43.6 Å². The van der Waals surface area contributed by atoms with Gasteiger partial charge in [0.25, 0.3) is 0 Å². The highest BCUT2D eigenvalue weighted by atomic mass is 35.5. The molecule has 0 radical (unpaired) electrons. The molecule has 0 amide bonds. The van der Waals surface area contributed by atoms with Crippen molar-refractivity contribution in [3.8, 4) is 23.1 Å². The van der Waals surface area contributed by atoms with Crippen molar-refractivity contribution in [3.63, 3.8) is 0 Å². The van der Waals surface area contributed by atoms with Gasteiger partial charge in [0.2, 0.25) is 0 Å². The fourth-order valence-corrected chi connectivity index (χ4v) is 1.70. The van der Waals surface area contributed by atoms with Gasteiger partial charge in [-0.25, -0.2) is 0 Å². The van der Waals surface area contributed by atoms with Crippen molar-refractivity contribution in [2.75, 3.05) is 7.11 Å². The van der Waals surface area contributed by atoms with Crippen molar-refractivity contribution in [2.24, 2.45) is 0 Å². The fourth-order valence-electron chi connectivity index (χ4n) is 1.53. The van der Waals surface area contributed by atoms with Crippen molar-refractivity contribution in [3.05, 3.63) is 47.1 Å². The number of nitrogens with zero attached hydrogens (tertiary/aromatic N) is 2. The lowest BCUT2D eigenvalue weighted by molar-refractivity contribution is 0.416. The number of aromatic nitrogens is 1. The van der Waals surface area contributed by atoms with Crippen molar-refractivity contribution in [1.29, 1.82) is 5.26 Å². The molecule has 0 fully saturated rings. The molecule has 4 heteroatoms. The van der Waals surface area contributed by atoms with Gasteiger partial charge in [0.1, 0.15) is 5.75 Å². The van der Waals surface area contributed by atoms with Crippen LogP contribution < -0.4 is 4.74 Å². The van der Waals surface area contributed by atoms with Crippen LogP contribution in [0.3, 0.4) is 0 Å². The number of halogens is 1. The molecular weight excluding hydrogens is 236 g/mol. The highest BCUT2D eigenvalue weighted by molar-refractivity contribution is 6.30. The second kappa shape index (κ2) is 4.86. The largest absolute Gasteiger partial charge is 0.496 e. The Balaban J connectivity index is 2.59. The van der Waals surface area contributed by atoms with Gasteiger partial charge in [0.15, 0.2) is 0 Å². The number of hydrogen-bond acceptors (Lipinski definition) is 3. The SMILES string of the molecule is COc1ccc(Cl)cc1-c1cc(C#N)ccn1. The molecule has 2 rings (SSSR count). The van der Waals surface area contributed by atoms with Gasteiger partial charge in [-0.2, -0.15) is 5.26 Å². The predicted octanol–water partition coefficient (Wildman–Crippen LogP) is 3.28. The first-order chi connectivity index (χ1) is 8.24. The monoisotopic (exact) mass is 244 g/mol. The van der Waals surface area contributed by atoms with Crippen LogP contribution in [0, 0.1) is 11.3 Å². The maximum absolute atomic E-state index is 8.85. The second-order valence-electron chi connectivity index (χ2n) is 3.39. The maximum Gasteiger partial charge on any atom is 0.128 e. The van der Waals surface area contributed by atoms with Crippen LogP contribution in [-0.4, -0.2) is 12.1 Å². The lowest BCUT2D eigenvalue weighted by Gasteiger charge is -2.08. The first kappa shape index (κ1) is 11.4. The zero-order valence-corrected chi connectivity index (χ0v) is 9.90. The number of ether oxygens (including phenoxy) is 1. The van der Waals surface area contributed by atoms with Gasteiger partial charge in [0.05, 0.1) is 24.4 Å². The van der Waals surface area contributed by atoms with Gasteiger partial charge in [-0.15, -0.1) is 0 Å². The van der Waals surface area contributed by atoms with E-state index < -0.39 is 0 Å². The summed E-state index contributed by atoms with van der Waals surface area (Å²) in [5.74, 6) is 0.678. The fraction of sp³-hybridized carbons (Fsp3) is 0.0769. The number of rotatable bonds is 2. The minimum Gasteiger partial charge on any atom is -0.496 e. The van der Waals surface area contributed by atoms with Gasteiger partial charge < -0.3 is 4.74 Å². The molecule has 2 aromatic rings. The second-order valence-corrected chi connectivity index (χ2v) is 3.82. The average molecular weight is 245 g/mol. The van der Waals surface area contributed by atoms with E-state index in [1.807, 2.05) is 0 Å². The smallest absolute Gasteiger partial charge is 0.128 e. The molecule has 1 aromatic carbocycles. The van der Waals surface area contributed by atoms with Crippen LogP contribution in [0.5, 0.6) is 5.75 Å². The minimum absolute atomic E-state index is 0.553. The van der Waals surface area contributed by atoms with E-state index in [-0.39, 0.29) is 0 Å². The quantitative estimate of drug-likeness (QED) is 0.814. The van der Waals surface area contributed by atoms with Crippen molar-refractivity contribution in [2.45, 2.75) is 0 Å². The Morgan fingerprint density at radius 1 is 1.29 bits per heavy atom. The van der Waals surface area contributed by atoms with E-state index in [1.165, 1.54) is 0 Å². The molecule has 0 bridgehead atoms.